The SMILES string of the molecule is Cc1cc(OCCNC(C)(C)CO)ccc1Cc1c(O[C@@H]2S[C@H](CO)[C@@H](O)C(O)[C@H]2O)n[nH]c1C(C)C. The van der Waals surface area contributed by atoms with Crippen LogP contribution in [0.3, 0.4) is 0 Å². The van der Waals surface area contributed by atoms with Gasteiger partial charge in [-0.25, -0.2) is 0 Å². The number of rotatable bonds is 12. The van der Waals surface area contributed by atoms with Crippen molar-refractivity contribution < 1.29 is 35.0 Å². The summed E-state index contributed by atoms with van der Waals surface area (Å²) in [6.07, 6.45) is -3.50. The zero-order valence-electron chi connectivity index (χ0n) is 22.1. The highest BCUT2D eigenvalue weighted by atomic mass is 32.2. The average Bonchev–Trinajstić information content (AvgIpc) is 3.26. The molecule has 5 atom stereocenters. The van der Waals surface area contributed by atoms with Crippen molar-refractivity contribution in [3.63, 3.8) is 0 Å². The van der Waals surface area contributed by atoms with E-state index in [1.165, 1.54) is 0 Å². The fourth-order valence-electron chi connectivity index (χ4n) is 4.14. The van der Waals surface area contributed by atoms with E-state index in [2.05, 4.69) is 15.5 Å². The van der Waals surface area contributed by atoms with Gasteiger partial charge in [-0.2, -0.15) is 0 Å². The predicted molar refractivity (Wildman–Crippen MR) is 142 cm³/mol. The Bertz CT molecular complexity index is 1010. The number of nitrogens with one attached hydrogen (secondary N) is 2. The van der Waals surface area contributed by atoms with Gasteiger partial charge in [0.25, 0.3) is 0 Å². The Labute approximate surface area is 222 Å². The monoisotopic (exact) mass is 539 g/mol. The third-order valence-electron chi connectivity index (χ3n) is 6.57. The molecule has 1 aliphatic rings. The van der Waals surface area contributed by atoms with Crippen LogP contribution in [0.5, 0.6) is 11.6 Å². The highest BCUT2D eigenvalue weighted by Gasteiger charge is 2.45. The minimum absolute atomic E-state index is 0.0435. The van der Waals surface area contributed by atoms with Crippen LogP contribution in [0.15, 0.2) is 18.2 Å². The van der Waals surface area contributed by atoms with Crippen molar-refractivity contribution >= 4 is 11.8 Å². The van der Waals surface area contributed by atoms with Crippen molar-refractivity contribution in [2.75, 3.05) is 26.4 Å². The number of thioether (sulfide) groups is 1. The van der Waals surface area contributed by atoms with E-state index in [1.54, 1.807) is 0 Å². The quantitative estimate of drug-likeness (QED) is 0.194. The molecular weight excluding hydrogens is 498 g/mol. The van der Waals surface area contributed by atoms with E-state index in [-0.39, 0.29) is 24.7 Å². The van der Waals surface area contributed by atoms with Crippen molar-refractivity contribution in [2.45, 2.75) is 81.5 Å². The molecule has 37 heavy (non-hydrogen) atoms. The Balaban J connectivity index is 1.73. The number of aromatic amines is 1. The van der Waals surface area contributed by atoms with Crippen LogP contribution >= 0.6 is 11.8 Å². The third kappa shape index (κ3) is 7.38. The number of nitrogens with zero attached hydrogens (tertiary/aromatic N) is 1. The standard InChI is InChI=1S/C26H41N3O7S/c1-14(2)20-18(24(29-28-20)36-25-23(34)22(33)21(32)19(12-30)37-25)11-16-6-7-17(10-15(16)3)35-9-8-27-26(4,5)13-31/h6-7,10,14,19,21-23,25,27,30-34H,8-9,11-13H2,1-5H3,(H,28,29)/t19-,21-,22?,23-,25-/m1/s1. The van der Waals surface area contributed by atoms with Crippen molar-refractivity contribution in [1.82, 2.24) is 15.5 Å². The van der Waals surface area contributed by atoms with Crippen LogP contribution in [-0.2, 0) is 6.42 Å². The molecule has 11 heteroatoms. The maximum Gasteiger partial charge on any atom is 0.237 e. The molecule has 10 nitrogen and oxygen atoms in total. The lowest BCUT2D eigenvalue weighted by molar-refractivity contribution is -0.0915. The van der Waals surface area contributed by atoms with Crippen LogP contribution in [0.25, 0.3) is 0 Å². The van der Waals surface area contributed by atoms with Gasteiger partial charge >= 0.3 is 0 Å². The van der Waals surface area contributed by atoms with Crippen LogP contribution in [0.4, 0.5) is 0 Å². The Morgan fingerprint density at radius 2 is 1.86 bits per heavy atom. The highest BCUT2D eigenvalue weighted by molar-refractivity contribution is 8.00. The summed E-state index contributed by atoms with van der Waals surface area (Å²) >= 11 is 1.07. The minimum atomic E-state index is -1.44. The highest BCUT2D eigenvalue weighted by Crippen LogP contribution is 2.37. The number of aliphatic hydroxyl groups excluding tert-OH is 5. The molecule has 0 radical (unpaired) electrons. The summed E-state index contributed by atoms with van der Waals surface area (Å²) in [5.74, 6) is 1.21. The first kappa shape index (κ1) is 29.7. The molecule has 7 N–H and O–H groups in total. The van der Waals surface area contributed by atoms with Crippen molar-refractivity contribution in [3.8, 4) is 11.6 Å². The predicted octanol–water partition coefficient (Wildman–Crippen LogP) is 1.07. The number of H-pyrrole nitrogens is 1. The molecule has 0 aliphatic carbocycles. The van der Waals surface area contributed by atoms with Crippen molar-refractivity contribution in [2.24, 2.45) is 0 Å². The topological polar surface area (TPSA) is 160 Å². The van der Waals surface area contributed by atoms with Crippen molar-refractivity contribution in [1.29, 1.82) is 0 Å². The normalized spacial score (nSPS) is 24.5. The summed E-state index contributed by atoms with van der Waals surface area (Å²) in [6, 6.07) is 5.90. The van der Waals surface area contributed by atoms with E-state index in [0.29, 0.717) is 25.5 Å². The van der Waals surface area contributed by atoms with E-state index < -0.39 is 29.0 Å². The Morgan fingerprint density at radius 1 is 1.14 bits per heavy atom. The second kappa shape index (κ2) is 12.8. The molecule has 2 aromatic rings. The molecule has 3 rings (SSSR count). The molecule has 0 saturated carbocycles. The van der Waals surface area contributed by atoms with Gasteiger partial charge < -0.3 is 40.3 Å². The molecule has 1 unspecified atom stereocenters. The maximum atomic E-state index is 10.5. The molecule has 1 aromatic carbocycles. The van der Waals surface area contributed by atoms with Gasteiger partial charge in [-0.1, -0.05) is 19.9 Å². The molecular formula is C26H41N3O7S. The van der Waals surface area contributed by atoms with Gasteiger partial charge in [0.1, 0.15) is 24.6 Å². The van der Waals surface area contributed by atoms with Crippen LogP contribution in [0, 0.1) is 6.92 Å². The number of aromatic nitrogens is 2. The van der Waals surface area contributed by atoms with E-state index >= 15 is 0 Å². The molecule has 1 saturated heterocycles. The van der Waals surface area contributed by atoms with E-state index in [4.69, 9.17) is 9.47 Å². The molecule has 2 heterocycles. The van der Waals surface area contributed by atoms with Gasteiger partial charge in [0.05, 0.1) is 24.6 Å². The molecule has 1 fully saturated rings. The molecule has 0 spiro atoms. The number of ether oxygens (including phenoxy) is 2. The molecule has 0 bridgehead atoms. The fraction of sp³-hybridized carbons (Fsp3) is 0.654. The van der Waals surface area contributed by atoms with Crippen LogP contribution in [0.2, 0.25) is 0 Å². The first-order valence-electron chi connectivity index (χ1n) is 12.6. The lowest BCUT2D eigenvalue weighted by atomic mass is 9.97. The van der Waals surface area contributed by atoms with Gasteiger partial charge in [0, 0.05) is 29.8 Å². The molecule has 208 valence electrons. The number of aliphatic hydroxyl groups is 5. The van der Waals surface area contributed by atoms with Gasteiger partial charge in [-0.15, -0.1) is 16.9 Å². The Hall–Kier alpha value is -1.86. The number of aryl methyl sites for hydroxylation is 1. The first-order chi connectivity index (χ1) is 17.5. The summed E-state index contributed by atoms with van der Waals surface area (Å²) < 4.78 is 11.9. The Morgan fingerprint density at radius 3 is 2.49 bits per heavy atom. The lowest BCUT2D eigenvalue weighted by Crippen LogP contribution is -2.55. The summed E-state index contributed by atoms with van der Waals surface area (Å²) in [7, 11) is 0. The summed E-state index contributed by atoms with van der Waals surface area (Å²) in [6.45, 7) is 10.7. The summed E-state index contributed by atoms with van der Waals surface area (Å²) in [5, 5.41) is 59.7. The fourth-order valence-corrected chi connectivity index (χ4v) is 5.36. The van der Waals surface area contributed by atoms with Gasteiger partial charge in [0.2, 0.25) is 5.88 Å². The molecule has 0 amide bonds. The van der Waals surface area contributed by atoms with Gasteiger partial charge in [0.15, 0.2) is 5.44 Å². The Kier molecular flexibility index (Phi) is 10.3. The van der Waals surface area contributed by atoms with Crippen LogP contribution < -0.4 is 14.8 Å². The van der Waals surface area contributed by atoms with Gasteiger partial charge in [-0.05, 0) is 49.9 Å². The van der Waals surface area contributed by atoms with Crippen LogP contribution in [0.1, 0.15) is 56.0 Å². The number of hydrogen-bond donors (Lipinski definition) is 7. The smallest absolute Gasteiger partial charge is 0.237 e. The zero-order chi connectivity index (χ0) is 27.3. The summed E-state index contributed by atoms with van der Waals surface area (Å²) in [5.41, 5.74) is 2.58. The van der Waals surface area contributed by atoms with Gasteiger partial charge in [-0.3, -0.25) is 5.10 Å². The van der Waals surface area contributed by atoms with E-state index in [9.17, 15) is 25.5 Å². The zero-order valence-corrected chi connectivity index (χ0v) is 23.0. The first-order valence-corrected chi connectivity index (χ1v) is 13.5. The third-order valence-corrected chi connectivity index (χ3v) is 7.99. The minimum Gasteiger partial charge on any atom is -0.492 e. The molecule has 1 aliphatic heterocycles. The van der Waals surface area contributed by atoms with E-state index in [1.807, 2.05) is 52.8 Å². The van der Waals surface area contributed by atoms with E-state index in [0.717, 1.165) is 39.9 Å². The second-order valence-electron chi connectivity index (χ2n) is 10.5. The average molecular weight is 540 g/mol. The number of hydrogen-bond acceptors (Lipinski definition) is 10. The lowest BCUT2D eigenvalue weighted by Gasteiger charge is -2.38. The van der Waals surface area contributed by atoms with Crippen molar-refractivity contribution in [3.05, 3.63) is 40.6 Å². The maximum absolute atomic E-state index is 10.5. The van der Waals surface area contributed by atoms with Crippen LogP contribution in [-0.4, -0.2) is 96.6 Å². The largest absolute Gasteiger partial charge is 0.492 e. The number of benzene rings is 1. The molecule has 1 aromatic heterocycles. The summed E-state index contributed by atoms with van der Waals surface area (Å²) in [4.78, 5) is 0. The second-order valence-corrected chi connectivity index (χ2v) is 11.8.